The van der Waals surface area contributed by atoms with Gasteiger partial charge in [-0.25, -0.2) is 0 Å². The first-order valence-corrected chi connectivity index (χ1v) is 6.57. The number of hydrogen-bond acceptors (Lipinski definition) is 6. The fourth-order valence-corrected chi connectivity index (χ4v) is 2.20. The largest absolute Gasteiger partial charge is 0.461 e. The van der Waals surface area contributed by atoms with Gasteiger partial charge >= 0.3 is 6.01 Å². The van der Waals surface area contributed by atoms with Crippen LogP contribution < -0.4 is 10.1 Å². The van der Waals surface area contributed by atoms with E-state index in [1.54, 1.807) is 18.4 Å². The summed E-state index contributed by atoms with van der Waals surface area (Å²) >= 11 is 1.65. The van der Waals surface area contributed by atoms with E-state index in [0.717, 1.165) is 4.88 Å². The molecule has 0 saturated heterocycles. The number of anilines is 1. The van der Waals surface area contributed by atoms with Gasteiger partial charge in [0.15, 0.2) is 5.82 Å². The first-order valence-electron chi connectivity index (χ1n) is 5.76. The highest BCUT2D eigenvalue weighted by Gasteiger charge is 2.11. The number of aryl methyl sites for hydroxylation is 1. The molecule has 96 valence electrons. The van der Waals surface area contributed by atoms with Crippen LogP contribution in [-0.2, 0) is 0 Å². The molecule has 0 radical (unpaired) electrons. The number of ether oxygens (including phenoxy) is 1. The van der Waals surface area contributed by atoms with Crippen molar-refractivity contribution in [2.24, 2.45) is 0 Å². The summed E-state index contributed by atoms with van der Waals surface area (Å²) in [5, 5.41) is 2.92. The van der Waals surface area contributed by atoms with Crippen LogP contribution in [0.25, 0.3) is 10.7 Å². The Morgan fingerprint density at radius 2 is 2.00 bits per heavy atom. The van der Waals surface area contributed by atoms with Crippen LogP contribution in [-0.4, -0.2) is 28.1 Å². The van der Waals surface area contributed by atoms with E-state index in [2.05, 4.69) is 27.2 Å². The number of nitrogens with zero attached hydrogens (tertiary/aromatic N) is 3. The standard InChI is InChI=1S/C12H16N4OS/c1-7(2)17-12-15-10(14-11(13-4)16-12)9-6-5-8(3)18-9/h5-7H,1-4H3,(H,13,14,15,16). The van der Waals surface area contributed by atoms with Gasteiger partial charge in [0, 0.05) is 11.9 Å². The number of aromatic nitrogens is 3. The molecule has 0 unspecified atom stereocenters. The van der Waals surface area contributed by atoms with Crippen molar-refractivity contribution in [2.75, 3.05) is 12.4 Å². The molecule has 0 amide bonds. The van der Waals surface area contributed by atoms with Crippen molar-refractivity contribution in [1.82, 2.24) is 15.0 Å². The van der Waals surface area contributed by atoms with Crippen molar-refractivity contribution in [3.63, 3.8) is 0 Å². The molecule has 2 rings (SSSR count). The summed E-state index contributed by atoms with van der Waals surface area (Å²) in [5.41, 5.74) is 0. The van der Waals surface area contributed by atoms with Crippen LogP contribution in [0.4, 0.5) is 5.95 Å². The monoisotopic (exact) mass is 264 g/mol. The van der Waals surface area contributed by atoms with Crippen molar-refractivity contribution in [3.05, 3.63) is 17.0 Å². The maximum atomic E-state index is 5.53. The average Bonchev–Trinajstić information content (AvgIpc) is 2.74. The lowest BCUT2D eigenvalue weighted by Crippen LogP contribution is -2.10. The lowest BCUT2D eigenvalue weighted by molar-refractivity contribution is 0.222. The molecule has 2 heterocycles. The minimum atomic E-state index is 0.0371. The molecule has 0 aliphatic rings. The maximum absolute atomic E-state index is 5.53. The summed E-state index contributed by atoms with van der Waals surface area (Å²) in [7, 11) is 1.78. The minimum Gasteiger partial charge on any atom is -0.461 e. The minimum absolute atomic E-state index is 0.0371. The Morgan fingerprint density at radius 1 is 1.22 bits per heavy atom. The Hall–Kier alpha value is -1.69. The highest BCUT2D eigenvalue weighted by atomic mass is 32.1. The van der Waals surface area contributed by atoms with Crippen LogP contribution in [0.15, 0.2) is 12.1 Å². The van der Waals surface area contributed by atoms with Crippen LogP contribution in [0, 0.1) is 6.92 Å². The van der Waals surface area contributed by atoms with Gasteiger partial charge in [0.2, 0.25) is 5.95 Å². The quantitative estimate of drug-likeness (QED) is 0.920. The molecular formula is C12H16N4OS. The van der Waals surface area contributed by atoms with Crippen LogP contribution in [0.2, 0.25) is 0 Å². The fourth-order valence-electron chi connectivity index (χ4n) is 1.40. The summed E-state index contributed by atoms with van der Waals surface area (Å²) in [5.74, 6) is 1.16. The SMILES string of the molecule is CNc1nc(OC(C)C)nc(-c2ccc(C)s2)n1. The van der Waals surface area contributed by atoms with E-state index in [1.807, 2.05) is 26.0 Å². The van der Waals surface area contributed by atoms with Crippen molar-refractivity contribution in [1.29, 1.82) is 0 Å². The fraction of sp³-hybridized carbons (Fsp3) is 0.417. The molecule has 0 aromatic carbocycles. The van der Waals surface area contributed by atoms with Crippen molar-refractivity contribution >= 4 is 17.3 Å². The number of nitrogens with one attached hydrogen (secondary N) is 1. The van der Waals surface area contributed by atoms with Gasteiger partial charge in [0.1, 0.15) is 0 Å². The lowest BCUT2D eigenvalue weighted by atomic mass is 10.4. The molecule has 18 heavy (non-hydrogen) atoms. The molecule has 0 bridgehead atoms. The summed E-state index contributed by atoms with van der Waals surface area (Å²) in [6.45, 7) is 5.94. The van der Waals surface area contributed by atoms with Crippen molar-refractivity contribution < 1.29 is 4.74 Å². The highest BCUT2D eigenvalue weighted by molar-refractivity contribution is 7.15. The normalized spacial score (nSPS) is 10.7. The Labute approximate surface area is 110 Å². The van der Waals surface area contributed by atoms with Crippen LogP contribution in [0.3, 0.4) is 0 Å². The molecular weight excluding hydrogens is 248 g/mol. The molecule has 0 saturated carbocycles. The van der Waals surface area contributed by atoms with Gasteiger partial charge in [-0.05, 0) is 32.9 Å². The summed E-state index contributed by atoms with van der Waals surface area (Å²) in [4.78, 5) is 15.1. The molecule has 1 N–H and O–H groups in total. The van der Waals surface area contributed by atoms with Gasteiger partial charge in [-0.1, -0.05) is 0 Å². The van der Waals surface area contributed by atoms with E-state index in [1.165, 1.54) is 4.88 Å². The van der Waals surface area contributed by atoms with E-state index in [4.69, 9.17) is 4.74 Å². The lowest BCUT2D eigenvalue weighted by Gasteiger charge is -2.09. The van der Waals surface area contributed by atoms with Crippen LogP contribution >= 0.6 is 11.3 Å². The molecule has 2 aromatic heterocycles. The molecule has 2 aromatic rings. The summed E-state index contributed by atoms with van der Waals surface area (Å²) in [6, 6.07) is 4.41. The second kappa shape index (κ2) is 5.30. The number of hydrogen-bond donors (Lipinski definition) is 1. The zero-order valence-corrected chi connectivity index (χ0v) is 11.7. The second-order valence-electron chi connectivity index (χ2n) is 4.09. The molecule has 6 heteroatoms. The number of thiophene rings is 1. The van der Waals surface area contributed by atoms with Crippen molar-refractivity contribution in [2.45, 2.75) is 26.9 Å². The van der Waals surface area contributed by atoms with Crippen LogP contribution in [0.5, 0.6) is 6.01 Å². The molecule has 0 spiro atoms. The molecule has 0 atom stereocenters. The van der Waals surface area contributed by atoms with Crippen LogP contribution in [0.1, 0.15) is 18.7 Å². The van der Waals surface area contributed by atoms with Gasteiger partial charge < -0.3 is 10.1 Å². The summed E-state index contributed by atoms with van der Waals surface area (Å²) in [6.07, 6.45) is 0.0371. The second-order valence-corrected chi connectivity index (χ2v) is 5.38. The Bertz CT molecular complexity index is 539. The van der Waals surface area contributed by atoms with E-state index in [9.17, 15) is 0 Å². The predicted molar refractivity (Wildman–Crippen MR) is 73.2 cm³/mol. The summed E-state index contributed by atoms with van der Waals surface area (Å²) < 4.78 is 5.53. The third-order valence-corrected chi connectivity index (χ3v) is 3.14. The van der Waals surface area contributed by atoms with E-state index in [0.29, 0.717) is 17.8 Å². The first-order chi connectivity index (χ1) is 8.58. The Kier molecular flexibility index (Phi) is 3.76. The molecule has 0 aliphatic carbocycles. The highest BCUT2D eigenvalue weighted by Crippen LogP contribution is 2.26. The first kappa shape index (κ1) is 12.8. The molecule has 5 nitrogen and oxygen atoms in total. The molecule has 0 fully saturated rings. The Balaban J connectivity index is 2.40. The third kappa shape index (κ3) is 2.95. The zero-order chi connectivity index (χ0) is 13.1. The molecule has 0 aliphatic heterocycles. The van der Waals surface area contributed by atoms with Gasteiger partial charge in [0.25, 0.3) is 0 Å². The third-order valence-electron chi connectivity index (χ3n) is 2.14. The maximum Gasteiger partial charge on any atom is 0.322 e. The van der Waals surface area contributed by atoms with E-state index >= 15 is 0 Å². The van der Waals surface area contributed by atoms with Gasteiger partial charge in [-0.15, -0.1) is 11.3 Å². The van der Waals surface area contributed by atoms with Gasteiger partial charge in [-0.2, -0.15) is 15.0 Å². The van der Waals surface area contributed by atoms with Crippen molar-refractivity contribution in [3.8, 4) is 16.7 Å². The smallest absolute Gasteiger partial charge is 0.322 e. The van der Waals surface area contributed by atoms with Gasteiger partial charge in [0.05, 0.1) is 11.0 Å². The Morgan fingerprint density at radius 3 is 2.56 bits per heavy atom. The number of rotatable bonds is 4. The van der Waals surface area contributed by atoms with Gasteiger partial charge in [-0.3, -0.25) is 0 Å². The average molecular weight is 264 g/mol. The topological polar surface area (TPSA) is 59.9 Å². The zero-order valence-electron chi connectivity index (χ0n) is 10.9. The van der Waals surface area contributed by atoms with E-state index in [-0.39, 0.29) is 6.10 Å². The van der Waals surface area contributed by atoms with E-state index < -0.39 is 0 Å². The predicted octanol–water partition coefficient (Wildman–Crippen LogP) is 2.74.